The van der Waals surface area contributed by atoms with Crippen molar-refractivity contribution >= 4 is 0 Å². The van der Waals surface area contributed by atoms with Crippen LogP contribution in [0.2, 0.25) is 0 Å². The Bertz CT molecular complexity index is 1250. The van der Waals surface area contributed by atoms with E-state index in [0.717, 1.165) is 99.8 Å². The number of rotatable bonds is 12. The number of phenolic OH excluding ortho intramolecular Hbond substituents is 4. The van der Waals surface area contributed by atoms with E-state index in [-0.39, 0.29) is 11.5 Å². The first-order valence-corrected chi connectivity index (χ1v) is 16.0. The van der Waals surface area contributed by atoms with Gasteiger partial charge in [-0.2, -0.15) is 0 Å². The smallest absolute Gasteiger partial charge is 0.119 e. The normalized spacial score (nSPS) is 18.3. The van der Waals surface area contributed by atoms with Gasteiger partial charge in [0, 0.05) is 25.2 Å². The Labute approximate surface area is 251 Å². The molecule has 6 heteroatoms. The lowest BCUT2D eigenvalue weighted by Crippen LogP contribution is -2.41. The zero-order valence-corrected chi connectivity index (χ0v) is 25.4. The third-order valence-corrected chi connectivity index (χ3v) is 9.53. The van der Waals surface area contributed by atoms with E-state index in [1.165, 1.54) is 11.1 Å². The Morgan fingerprint density at radius 3 is 1.43 bits per heavy atom. The molecule has 2 aliphatic rings. The maximum atomic E-state index is 11.0. The van der Waals surface area contributed by atoms with Crippen LogP contribution in [0.1, 0.15) is 72.9 Å². The maximum Gasteiger partial charge on any atom is 0.119 e. The summed E-state index contributed by atoms with van der Waals surface area (Å²) in [5.74, 6) is 1.36. The van der Waals surface area contributed by atoms with Gasteiger partial charge in [-0.15, -0.1) is 0 Å². The maximum absolute atomic E-state index is 11.0. The lowest BCUT2D eigenvalue weighted by molar-refractivity contribution is 0.180. The average molecular weight is 573 g/mol. The highest BCUT2D eigenvalue weighted by atomic mass is 16.3. The molecule has 0 radical (unpaired) electrons. The summed E-state index contributed by atoms with van der Waals surface area (Å²) in [5.41, 5.74) is 6.25. The van der Waals surface area contributed by atoms with E-state index in [1.807, 2.05) is 12.1 Å². The molecule has 0 amide bonds. The number of fused-ring (bicyclic) bond motifs is 2. The largest absolute Gasteiger partial charge is 0.508 e. The molecule has 0 bridgehead atoms. The molecule has 2 aliphatic carbocycles. The Morgan fingerprint density at radius 1 is 0.595 bits per heavy atom. The molecule has 3 aromatic carbocycles. The van der Waals surface area contributed by atoms with Crippen LogP contribution in [0.15, 0.2) is 48.5 Å². The second-order valence-electron chi connectivity index (χ2n) is 12.3. The van der Waals surface area contributed by atoms with Gasteiger partial charge in [0.15, 0.2) is 0 Å². The van der Waals surface area contributed by atoms with Crippen LogP contribution in [0, 0.1) is 0 Å². The zero-order valence-electron chi connectivity index (χ0n) is 25.4. The van der Waals surface area contributed by atoms with Crippen molar-refractivity contribution in [1.29, 1.82) is 0 Å². The summed E-state index contributed by atoms with van der Waals surface area (Å²) < 4.78 is 0. The number of hydrogen-bond donors (Lipinski definition) is 4. The number of benzene rings is 3. The molecule has 0 saturated carbocycles. The van der Waals surface area contributed by atoms with Gasteiger partial charge in [-0.3, -0.25) is 9.80 Å². The molecule has 0 aromatic heterocycles. The molecule has 3 aromatic rings. The fraction of sp³-hybridized carbons (Fsp3) is 0.500. The second kappa shape index (κ2) is 13.8. The van der Waals surface area contributed by atoms with Crippen molar-refractivity contribution < 1.29 is 20.4 Å². The molecule has 0 saturated heterocycles. The predicted octanol–water partition coefficient (Wildman–Crippen LogP) is 6.13. The first-order chi connectivity index (χ1) is 20.4. The molecule has 0 aliphatic heterocycles. The Balaban J connectivity index is 1.21. The monoisotopic (exact) mass is 572 g/mol. The van der Waals surface area contributed by atoms with Crippen LogP contribution in [0.4, 0.5) is 0 Å². The van der Waals surface area contributed by atoms with Crippen LogP contribution >= 0.6 is 0 Å². The van der Waals surface area contributed by atoms with Crippen LogP contribution in [-0.2, 0) is 38.5 Å². The number of phenols is 4. The summed E-state index contributed by atoms with van der Waals surface area (Å²) in [6.45, 7) is 8.02. The summed E-state index contributed by atoms with van der Waals surface area (Å²) >= 11 is 0. The Morgan fingerprint density at radius 2 is 1.02 bits per heavy atom. The van der Waals surface area contributed by atoms with Gasteiger partial charge in [-0.05, 0) is 135 Å². The minimum absolute atomic E-state index is 0.266. The molecular weight excluding hydrogens is 524 g/mol. The fourth-order valence-corrected chi connectivity index (χ4v) is 7.28. The minimum atomic E-state index is 0.266. The number of aromatic hydroxyl groups is 4. The van der Waals surface area contributed by atoms with Crippen LogP contribution in [0.3, 0.4) is 0 Å². The van der Waals surface area contributed by atoms with E-state index in [9.17, 15) is 20.4 Å². The van der Waals surface area contributed by atoms with Crippen molar-refractivity contribution in [2.75, 3.05) is 26.2 Å². The summed E-state index contributed by atoms with van der Waals surface area (Å²) in [4.78, 5) is 5.03. The van der Waals surface area contributed by atoms with Crippen molar-refractivity contribution in [1.82, 2.24) is 9.80 Å². The van der Waals surface area contributed by atoms with Gasteiger partial charge in [0.05, 0.1) is 0 Å². The highest BCUT2D eigenvalue weighted by Gasteiger charge is 2.27. The Kier molecular flexibility index (Phi) is 9.96. The van der Waals surface area contributed by atoms with Gasteiger partial charge in [-0.1, -0.05) is 38.1 Å². The minimum Gasteiger partial charge on any atom is -0.508 e. The molecule has 0 heterocycles. The topological polar surface area (TPSA) is 87.4 Å². The van der Waals surface area contributed by atoms with Gasteiger partial charge < -0.3 is 20.4 Å². The lowest BCUT2D eigenvalue weighted by atomic mass is 9.86. The summed E-state index contributed by atoms with van der Waals surface area (Å²) in [6, 6.07) is 16.1. The van der Waals surface area contributed by atoms with E-state index >= 15 is 0 Å². The van der Waals surface area contributed by atoms with Crippen molar-refractivity contribution in [3.63, 3.8) is 0 Å². The highest BCUT2D eigenvalue weighted by Crippen LogP contribution is 2.34. The van der Waals surface area contributed by atoms with E-state index in [2.05, 4.69) is 35.8 Å². The average Bonchev–Trinajstić information content (AvgIpc) is 2.99. The van der Waals surface area contributed by atoms with E-state index < -0.39 is 0 Å². The molecule has 0 spiro atoms. The van der Waals surface area contributed by atoms with Gasteiger partial charge in [-0.25, -0.2) is 0 Å². The second-order valence-corrected chi connectivity index (χ2v) is 12.3. The van der Waals surface area contributed by atoms with Crippen molar-refractivity contribution in [2.24, 2.45) is 0 Å². The van der Waals surface area contributed by atoms with E-state index in [1.54, 1.807) is 24.3 Å². The van der Waals surface area contributed by atoms with Gasteiger partial charge >= 0.3 is 0 Å². The number of hydrogen-bond acceptors (Lipinski definition) is 6. The van der Waals surface area contributed by atoms with Crippen LogP contribution in [-0.4, -0.2) is 68.5 Å². The SMILES string of the molecule is CCCN(CCc1cc(O)c(CCN(CCC)C2CCc3c(O)cccc3C2)cc1O)C1CCc2c(O)cccc2C1. The molecule has 2 unspecified atom stereocenters. The van der Waals surface area contributed by atoms with Gasteiger partial charge in [0.25, 0.3) is 0 Å². The molecular formula is C36H48N2O4. The molecule has 2 atom stereocenters. The van der Waals surface area contributed by atoms with E-state index in [4.69, 9.17) is 0 Å². The first-order valence-electron chi connectivity index (χ1n) is 16.0. The van der Waals surface area contributed by atoms with E-state index in [0.29, 0.717) is 36.4 Å². The molecule has 6 nitrogen and oxygen atoms in total. The van der Waals surface area contributed by atoms with Crippen molar-refractivity contribution in [2.45, 2.75) is 90.1 Å². The van der Waals surface area contributed by atoms with Crippen molar-refractivity contribution in [3.05, 3.63) is 81.9 Å². The zero-order chi connectivity index (χ0) is 29.6. The highest BCUT2D eigenvalue weighted by molar-refractivity contribution is 5.46. The first kappa shape index (κ1) is 30.2. The van der Waals surface area contributed by atoms with Gasteiger partial charge in [0.1, 0.15) is 23.0 Å². The summed E-state index contributed by atoms with van der Waals surface area (Å²) in [7, 11) is 0. The summed E-state index contributed by atoms with van der Waals surface area (Å²) in [5, 5.41) is 42.5. The lowest BCUT2D eigenvalue weighted by Gasteiger charge is -2.35. The number of nitrogens with zero attached hydrogens (tertiary/aromatic N) is 2. The van der Waals surface area contributed by atoms with Crippen LogP contribution in [0.25, 0.3) is 0 Å². The standard InChI is InChI=1S/C36H48N2O4/c1-3-17-37(29-11-13-31-25(21-29)7-5-9-33(31)39)19-15-27-23-36(42)28(24-35(27)41)16-20-38(18-4-2)30-12-14-32-26(22-30)8-6-10-34(32)40/h5-10,23-24,29-30,39-42H,3-4,11-22H2,1-2H3. The predicted molar refractivity (Wildman–Crippen MR) is 169 cm³/mol. The third kappa shape index (κ3) is 6.87. The molecule has 226 valence electrons. The molecule has 42 heavy (non-hydrogen) atoms. The van der Waals surface area contributed by atoms with Crippen LogP contribution < -0.4 is 0 Å². The summed E-state index contributed by atoms with van der Waals surface area (Å²) in [6.07, 6.45) is 9.15. The van der Waals surface area contributed by atoms with Gasteiger partial charge in [0.2, 0.25) is 0 Å². The quantitative estimate of drug-likeness (QED) is 0.195. The molecule has 5 rings (SSSR count). The fourth-order valence-electron chi connectivity index (χ4n) is 7.28. The molecule has 0 fully saturated rings. The van der Waals surface area contributed by atoms with Crippen molar-refractivity contribution in [3.8, 4) is 23.0 Å². The Hall–Kier alpha value is -3.22. The third-order valence-electron chi connectivity index (χ3n) is 9.53. The van der Waals surface area contributed by atoms with Crippen LogP contribution in [0.5, 0.6) is 23.0 Å². The molecule has 4 N–H and O–H groups in total.